The number of hydrogen-bond donors (Lipinski definition) is 3. The quantitative estimate of drug-likeness (QED) is 0.485. The average Bonchev–Trinajstić information content (AvgIpc) is 2.19. The van der Waals surface area contributed by atoms with E-state index < -0.39 is 23.6 Å². The van der Waals surface area contributed by atoms with E-state index in [0.717, 1.165) is 12.2 Å². The first-order valence-electron chi connectivity index (χ1n) is 5.36. The van der Waals surface area contributed by atoms with Gasteiger partial charge in [0.1, 0.15) is 5.60 Å². The Morgan fingerprint density at radius 3 is 2.17 bits per heavy atom. The van der Waals surface area contributed by atoms with Gasteiger partial charge >= 0.3 is 12.1 Å². The van der Waals surface area contributed by atoms with Crippen LogP contribution in [0.3, 0.4) is 0 Å². The van der Waals surface area contributed by atoms with Crippen molar-refractivity contribution in [2.45, 2.75) is 26.4 Å². The van der Waals surface area contributed by atoms with Gasteiger partial charge in [0.2, 0.25) is 5.91 Å². The second-order valence-corrected chi connectivity index (χ2v) is 4.39. The molecule has 102 valence electrons. The van der Waals surface area contributed by atoms with Crippen LogP contribution in [0.25, 0.3) is 0 Å². The van der Waals surface area contributed by atoms with Gasteiger partial charge in [0.15, 0.2) is 0 Å². The average molecular weight is 258 g/mol. The number of aliphatic carboxylic acids is 1. The van der Waals surface area contributed by atoms with Crippen LogP contribution in [0.5, 0.6) is 0 Å². The molecule has 0 aliphatic carbocycles. The summed E-state index contributed by atoms with van der Waals surface area (Å²) in [6.07, 6.45) is 1.06. The standard InChI is InChI=1S/C11H18N2O5/c1-11(2,3)18-10(17)13-7-6-12-8(14)4-5-9(15)16/h4-5H,6-7H2,1-3H3,(H,12,14)(H,13,17)(H,15,16)/b5-4+. The zero-order valence-electron chi connectivity index (χ0n) is 10.6. The van der Waals surface area contributed by atoms with Crippen LogP contribution in [0.4, 0.5) is 4.79 Å². The van der Waals surface area contributed by atoms with Crippen LogP contribution in [0.15, 0.2) is 12.2 Å². The first kappa shape index (κ1) is 16.0. The molecule has 0 spiro atoms. The molecule has 0 fully saturated rings. The fourth-order valence-electron chi connectivity index (χ4n) is 0.870. The van der Waals surface area contributed by atoms with Crippen molar-refractivity contribution in [3.8, 4) is 0 Å². The van der Waals surface area contributed by atoms with Crippen molar-refractivity contribution in [1.29, 1.82) is 0 Å². The van der Waals surface area contributed by atoms with Gasteiger partial charge in [0.25, 0.3) is 0 Å². The Kier molecular flexibility index (Phi) is 6.48. The van der Waals surface area contributed by atoms with Crippen LogP contribution in [-0.2, 0) is 14.3 Å². The number of amides is 2. The Hall–Kier alpha value is -2.05. The van der Waals surface area contributed by atoms with Gasteiger partial charge in [0, 0.05) is 25.2 Å². The summed E-state index contributed by atoms with van der Waals surface area (Å²) in [5.41, 5.74) is -0.572. The van der Waals surface area contributed by atoms with Gasteiger partial charge < -0.3 is 20.5 Å². The summed E-state index contributed by atoms with van der Waals surface area (Å²) in [5, 5.41) is 13.1. The van der Waals surface area contributed by atoms with Crippen molar-refractivity contribution >= 4 is 18.0 Å². The van der Waals surface area contributed by atoms with Crippen LogP contribution >= 0.6 is 0 Å². The first-order chi connectivity index (χ1) is 8.20. The Morgan fingerprint density at radius 1 is 1.11 bits per heavy atom. The van der Waals surface area contributed by atoms with Gasteiger partial charge in [-0.05, 0) is 20.8 Å². The SMILES string of the molecule is CC(C)(C)OC(=O)NCCNC(=O)/C=C/C(=O)O. The molecule has 3 N–H and O–H groups in total. The third-order valence-corrected chi connectivity index (χ3v) is 1.47. The predicted molar refractivity (Wildman–Crippen MR) is 64.0 cm³/mol. The lowest BCUT2D eigenvalue weighted by atomic mass is 10.2. The summed E-state index contributed by atoms with van der Waals surface area (Å²) in [5.74, 6) is -1.74. The van der Waals surface area contributed by atoms with Crippen molar-refractivity contribution in [3.63, 3.8) is 0 Å². The molecule has 0 aromatic carbocycles. The van der Waals surface area contributed by atoms with E-state index in [1.165, 1.54) is 0 Å². The molecule has 7 heteroatoms. The maximum absolute atomic E-state index is 11.2. The molecular formula is C11H18N2O5. The summed E-state index contributed by atoms with van der Waals surface area (Å²) >= 11 is 0. The minimum Gasteiger partial charge on any atom is -0.478 e. The van der Waals surface area contributed by atoms with Crippen LogP contribution in [-0.4, -0.2) is 41.8 Å². The second-order valence-electron chi connectivity index (χ2n) is 4.39. The molecule has 0 bridgehead atoms. The molecule has 7 nitrogen and oxygen atoms in total. The highest BCUT2D eigenvalue weighted by Gasteiger charge is 2.15. The molecule has 0 aliphatic rings. The van der Waals surface area contributed by atoms with Gasteiger partial charge in [-0.15, -0.1) is 0 Å². The van der Waals surface area contributed by atoms with Crippen molar-refractivity contribution in [1.82, 2.24) is 10.6 Å². The normalized spacial score (nSPS) is 11.1. The van der Waals surface area contributed by atoms with Crippen molar-refractivity contribution in [2.24, 2.45) is 0 Å². The molecule has 0 aliphatic heterocycles. The van der Waals surface area contributed by atoms with E-state index in [9.17, 15) is 14.4 Å². The highest BCUT2D eigenvalue weighted by atomic mass is 16.6. The zero-order valence-corrected chi connectivity index (χ0v) is 10.6. The van der Waals surface area contributed by atoms with Gasteiger partial charge in [-0.25, -0.2) is 9.59 Å². The molecule has 0 radical (unpaired) electrons. The van der Waals surface area contributed by atoms with Crippen LogP contribution in [0.1, 0.15) is 20.8 Å². The van der Waals surface area contributed by atoms with E-state index in [0.29, 0.717) is 0 Å². The third kappa shape index (κ3) is 10.5. The molecule has 0 saturated heterocycles. The maximum atomic E-state index is 11.2. The topological polar surface area (TPSA) is 105 Å². The molecular weight excluding hydrogens is 240 g/mol. The fourth-order valence-corrected chi connectivity index (χ4v) is 0.870. The van der Waals surface area contributed by atoms with Crippen molar-refractivity contribution < 1.29 is 24.2 Å². The number of carboxylic acids is 1. The molecule has 18 heavy (non-hydrogen) atoms. The fraction of sp³-hybridized carbons (Fsp3) is 0.545. The van der Waals surface area contributed by atoms with E-state index in [1.54, 1.807) is 20.8 Å². The number of ether oxygens (including phenoxy) is 1. The highest BCUT2D eigenvalue weighted by Crippen LogP contribution is 2.05. The van der Waals surface area contributed by atoms with E-state index in [1.807, 2.05) is 0 Å². The van der Waals surface area contributed by atoms with E-state index in [-0.39, 0.29) is 13.1 Å². The second kappa shape index (κ2) is 7.31. The largest absolute Gasteiger partial charge is 0.478 e. The third-order valence-electron chi connectivity index (χ3n) is 1.47. The number of hydrogen-bond acceptors (Lipinski definition) is 4. The minimum atomic E-state index is -1.20. The molecule has 0 heterocycles. The molecule has 0 saturated carbocycles. The molecule has 0 unspecified atom stereocenters. The van der Waals surface area contributed by atoms with Crippen LogP contribution < -0.4 is 10.6 Å². The molecule has 0 rings (SSSR count). The Bertz CT molecular complexity index is 344. The number of rotatable bonds is 5. The van der Waals surface area contributed by atoms with Gasteiger partial charge in [0.05, 0.1) is 0 Å². The lowest BCUT2D eigenvalue weighted by Gasteiger charge is -2.19. The molecule has 0 atom stereocenters. The maximum Gasteiger partial charge on any atom is 0.407 e. The lowest BCUT2D eigenvalue weighted by molar-refractivity contribution is -0.131. The number of carboxylic acid groups (broad SMARTS) is 1. The van der Waals surface area contributed by atoms with Gasteiger partial charge in [-0.1, -0.05) is 0 Å². The van der Waals surface area contributed by atoms with Gasteiger partial charge in [-0.2, -0.15) is 0 Å². The summed E-state index contributed by atoms with van der Waals surface area (Å²) in [6, 6.07) is 0. The molecule has 2 amide bonds. The Labute approximate surface area is 105 Å². The monoisotopic (exact) mass is 258 g/mol. The van der Waals surface area contributed by atoms with E-state index >= 15 is 0 Å². The lowest BCUT2D eigenvalue weighted by Crippen LogP contribution is -2.37. The highest BCUT2D eigenvalue weighted by molar-refractivity contribution is 5.93. The number of carbonyl (C=O) groups excluding carboxylic acids is 2. The smallest absolute Gasteiger partial charge is 0.407 e. The number of alkyl carbamates (subject to hydrolysis) is 1. The first-order valence-corrected chi connectivity index (χ1v) is 5.36. The van der Waals surface area contributed by atoms with Crippen molar-refractivity contribution in [3.05, 3.63) is 12.2 Å². The predicted octanol–water partition coefficient (Wildman–Crippen LogP) is 0.268. The summed E-state index contributed by atoms with van der Waals surface area (Å²) in [7, 11) is 0. The number of carbonyl (C=O) groups is 3. The Morgan fingerprint density at radius 2 is 1.67 bits per heavy atom. The Balaban J connectivity index is 3.71. The zero-order chi connectivity index (χ0) is 14.2. The number of nitrogens with one attached hydrogen (secondary N) is 2. The van der Waals surface area contributed by atoms with Crippen LogP contribution in [0.2, 0.25) is 0 Å². The van der Waals surface area contributed by atoms with E-state index in [4.69, 9.17) is 9.84 Å². The van der Waals surface area contributed by atoms with E-state index in [2.05, 4.69) is 10.6 Å². The summed E-state index contributed by atoms with van der Waals surface area (Å²) < 4.78 is 4.97. The molecule has 0 aromatic rings. The summed E-state index contributed by atoms with van der Waals surface area (Å²) in [6.45, 7) is 5.60. The minimum absolute atomic E-state index is 0.183. The summed E-state index contributed by atoms with van der Waals surface area (Å²) in [4.78, 5) is 32.3. The van der Waals surface area contributed by atoms with Gasteiger partial charge in [-0.3, -0.25) is 4.79 Å². The van der Waals surface area contributed by atoms with Crippen LogP contribution in [0, 0.1) is 0 Å². The molecule has 0 aromatic heterocycles. The van der Waals surface area contributed by atoms with Crippen molar-refractivity contribution in [2.75, 3.05) is 13.1 Å².